The molecule has 0 aliphatic heterocycles. The van der Waals surface area contributed by atoms with Crippen LogP contribution in [0, 0.1) is 17.7 Å². The molecule has 1 fully saturated rings. The van der Waals surface area contributed by atoms with Gasteiger partial charge in [0.2, 0.25) is 11.8 Å². The van der Waals surface area contributed by atoms with Crippen LogP contribution in [0.3, 0.4) is 0 Å². The molecule has 258 valence electrons. The third-order valence-corrected chi connectivity index (χ3v) is 9.52. The van der Waals surface area contributed by atoms with Crippen LogP contribution in [0.15, 0.2) is 42.5 Å². The van der Waals surface area contributed by atoms with Gasteiger partial charge >= 0.3 is 12.3 Å². The lowest BCUT2D eigenvalue weighted by Gasteiger charge is -2.39. The molecule has 14 heteroatoms. The minimum Gasteiger partial charge on any atom is -0.423 e. The predicted molar refractivity (Wildman–Crippen MR) is 175 cm³/mol. The highest BCUT2D eigenvalue weighted by Crippen LogP contribution is 2.40. The second kappa shape index (κ2) is 14.1. The number of carbonyl (C=O) groups is 3. The van der Waals surface area contributed by atoms with Crippen molar-refractivity contribution in [2.45, 2.75) is 89.2 Å². The van der Waals surface area contributed by atoms with E-state index in [9.17, 15) is 31.9 Å². The van der Waals surface area contributed by atoms with Gasteiger partial charge < -0.3 is 31.4 Å². The number of nitrogens with two attached hydrogens (primary N) is 1. The van der Waals surface area contributed by atoms with E-state index >= 15 is 0 Å². The molecule has 3 aromatic rings. The molecule has 0 bridgehead atoms. The van der Waals surface area contributed by atoms with Crippen LogP contribution in [0.25, 0.3) is 10.9 Å². The third kappa shape index (κ3) is 8.08. The number of alkyl halides is 3. The molecule has 3 amide bonds. The number of hydrogen-bond donors (Lipinski definition) is 5. The molecule has 9 nitrogen and oxygen atoms in total. The Kier molecular flexibility index (Phi) is 10.3. The minimum atomic E-state index is -4.61. The Balaban J connectivity index is 1.44. The Labute approximate surface area is 280 Å². The second-order valence-corrected chi connectivity index (χ2v) is 13.3. The summed E-state index contributed by atoms with van der Waals surface area (Å²) in [5, 5.41) is 8.54. The zero-order valence-electron chi connectivity index (χ0n) is 26.6. The first-order valence-corrected chi connectivity index (χ1v) is 16.4. The van der Waals surface area contributed by atoms with E-state index in [4.69, 9.17) is 22.7 Å². The van der Waals surface area contributed by atoms with Gasteiger partial charge in [-0.1, -0.05) is 75.7 Å². The number of carbonyl (C=O) groups excluding carboxylic acids is 3. The van der Waals surface area contributed by atoms with Gasteiger partial charge in [-0.15, -0.1) is 0 Å². The summed E-state index contributed by atoms with van der Waals surface area (Å²) < 4.78 is 61.9. The highest BCUT2D eigenvalue weighted by atomic mass is 32.1. The highest BCUT2D eigenvalue weighted by molar-refractivity contribution is 7.80. The third-order valence-electron chi connectivity index (χ3n) is 9.24. The molecule has 0 saturated heterocycles. The van der Waals surface area contributed by atoms with E-state index in [1.165, 1.54) is 24.3 Å². The van der Waals surface area contributed by atoms with Crippen molar-refractivity contribution in [1.29, 1.82) is 0 Å². The molecule has 2 aliphatic carbocycles. The normalized spacial score (nSPS) is 19.5. The van der Waals surface area contributed by atoms with Crippen molar-refractivity contribution in [2.24, 2.45) is 17.6 Å². The van der Waals surface area contributed by atoms with Gasteiger partial charge in [0.25, 0.3) is 0 Å². The fraction of sp³-hybridized carbons (Fsp3) is 0.471. The number of ether oxygens (including phenoxy) is 1. The summed E-state index contributed by atoms with van der Waals surface area (Å²) in [5.41, 5.74) is 4.40. The van der Waals surface area contributed by atoms with Crippen molar-refractivity contribution in [2.75, 3.05) is 0 Å². The molecule has 5 rings (SSSR count). The second-order valence-electron chi connectivity index (χ2n) is 12.8. The molecular weight excluding hydrogens is 650 g/mol. The first-order valence-electron chi connectivity index (χ1n) is 16.0. The Hall–Kier alpha value is -4.20. The molecule has 2 aliphatic rings. The van der Waals surface area contributed by atoms with Crippen LogP contribution in [-0.2, 0) is 39.8 Å². The first kappa shape index (κ1) is 35.1. The van der Waals surface area contributed by atoms with Crippen molar-refractivity contribution < 1.29 is 36.7 Å². The van der Waals surface area contributed by atoms with Crippen molar-refractivity contribution in [1.82, 2.24) is 20.9 Å². The largest absolute Gasteiger partial charge is 0.423 e. The lowest BCUT2D eigenvalue weighted by molar-refractivity contribution is -0.137. The molecule has 0 spiro atoms. The van der Waals surface area contributed by atoms with Crippen LogP contribution in [-0.4, -0.2) is 45.7 Å². The number of aromatic nitrogens is 1. The van der Waals surface area contributed by atoms with Gasteiger partial charge in [0.15, 0.2) is 5.72 Å². The molecule has 0 radical (unpaired) electrons. The van der Waals surface area contributed by atoms with Crippen LogP contribution < -0.4 is 21.7 Å². The number of thiocarbonyl (C=S) groups is 1. The quantitative estimate of drug-likeness (QED) is 0.0957. The Bertz CT molecular complexity index is 1710. The molecule has 6 N–H and O–H groups in total. The number of alkyl carbamates (subject to hydrolysis) is 1. The number of aromatic amines is 1. The van der Waals surface area contributed by atoms with Gasteiger partial charge in [0.05, 0.1) is 28.5 Å². The number of para-hydroxylation sites is 1. The monoisotopic (exact) mass is 689 g/mol. The smallest absolute Gasteiger partial charge is 0.418 e. The maximum Gasteiger partial charge on any atom is 0.418 e. The molecule has 1 heterocycles. The molecule has 1 unspecified atom stereocenters. The number of hydrogen-bond acceptors (Lipinski definition) is 5. The zero-order chi connectivity index (χ0) is 34.8. The predicted octanol–water partition coefficient (Wildman–Crippen LogP) is 5.58. The summed E-state index contributed by atoms with van der Waals surface area (Å²) in [6.45, 7) is 3.59. The number of H-pyrrole nitrogens is 1. The zero-order valence-corrected chi connectivity index (χ0v) is 27.5. The molecule has 1 saturated carbocycles. The Morgan fingerprint density at radius 2 is 1.85 bits per heavy atom. The van der Waals surface area contributed by atoms with Gasteiger partial charge in [0, 0.05) is 23.9 Å². The van der Waals surface area contributed by atoms with Crippen LogP contribution in [0.1, 0.15) is 68.3 Å². The molecule has 48 heavy (non-hydrogen) atoms. The van der Waals surface area contributed by atoms with E-state index in [1.807, 2.05) is 6.92 Å². The van der Waals surface area contributed by atoms with Crippen molar-refractivity contribution in [3.8, 4) is 0 Å². The SMILES string of the molecule is CCC(C)[C@H](NC(=O)Cc1ccccc1F)C(=O)N[C@@]1(OC(=O)N[C@@H](CC2CC2)C(N)=S)CCc2[nH]c3c(C(F)(F)F)cccc3c2C1. The van der Waals surface area contributed by atoms with E-state index in [2.05, 4.69) is 20.9 Å². The summed E-state index contributed by atoms with van der Waals surface area (Å²) in [4.78, 5) is 43.5. The summed E-state index contributed by atoms with van der Waals surface area (Å²) in [5.74, 6) is -1.84. The highest BCUT2D eigenvalue weighted by Gasteiger charge is 2.44. The number of amides is 3. The number of halogens is 4. The molecule has 4 atom stereocenters. The lowest BCUT2D eigenvalue weighted by atomic mass is 9.87. The molecule has 2 aromatic carbocycles. The van der Waals surface area contributed by atoms with Crippen molar-refractivity contribution >= 4 is 46.0 Å². The van der Waals surface area contributed by atoms with E-state index in [-0.39, 0.29) is 53.1 Å². The molecular formula is C34H39F4N5O4S. The first-order chi connectivity index (χ1) is 22.7. The fourth-order valence-electron chi connectivity index (χ4n) is 6.22. The van der Waals surface area contributed by atoms with Gasteiger partial charge in [-0.25, -0.2) is 9.18 Å². The van der Waals surface area contributed by atoms with Crippen LogP contribution in [0.5, 0.6) is 0 Å². The topological polar surface area (TPSA) is 138 Å². The van der Waals surface area contributed by atoms with Crippen LogP contribution in [0.2, 0.25) is 0 Å². The number of fused-ring (bicyclic) bond motifs is 3. The van der Waals surface area contributed by atoms with E-state index in [0.717, 1.165) is 18.9 Å². The Morgan fingerprint density at radius 3 is 2.50 bits per heavy atom. The number of benzene rings is 2. The van der Waals surface area contributed by atoms with E-state index < -0.39 is 53.3 Å². The summed E-state index contributed by atoms with van der Waals surface area (Å²) >= 11 is 5.17. The average molecular weight is 690 g/mol. The van der Waals surface area contributed by atoms with Gasteiger partial charge in [-0.3, -0.25) is 9.59 Å². The number of nitrogens with one attached hydrogen (secondary N) is 4. The van der Waals surface area contributed by atoms with E-state index in [0.29, 0.717) is 30.0 Å². The minimum absolute atomic E-state index is 0.0180. The van der Waals surface area contributed by atoms with Gasteiger partial charge in [0.1, 0.15) is 11.9 Å². The van der Waals surface area contributed by atoms with Gasteiger partial charge in [-0.2, -0.15) is 13.2 Å². The maximum absolute atomic E-state index is 14.3. The fourth-order valence-corrected chi connectivity index (χ4v) is 6.38. The number of aryl methyl sites for hydroxylation is 1. The standard InChI is InChI=1S/C34H39F4N5O4S/c1-3-18(2)28(42-27(44)16-20-7-4-5-10-24(20)35)31(45)43-33(47-32(46)41-26(30(39)48)15-19-11-12-19)14-13-25-22(17-33)21-8-6-9-23(29(21)40-25)34(36,37)38/h4-10,18-19,26,28,40H,3,11-17H2,1-2H3,(H2,39,48)(H,41,46)(H,42,44)(H,43,45)/t18?,26-,28-,33+/m0/s1. The van der Waals surface area contributed by atoms with Gasteiger partial charge in [-0.05, 0) is 47.9 Å². The van der Waals surface area contributed by atoms with E-state index in [1.54, 1.807) is 19.1 Å². The van der Waals surface area contributed by atoms with Crippen LogP contribution >= 0.6 is 12.2 Å². The van der Waals surface area contributed by atoms with Crippen molar-refractivity contribution in [3.05, 3.63) is 70.7 Å². The van der Waals surface area contributed by atoms with Crippen LogP contribution in [0.4, 0.5) is 22.4 Å². The lowest BCUT2D eigenvalue weighted by Crippen LogP contribution is -2.62. The summed E-state index contributed by atoms with van der Waals surface area (Å²) in [6.07, 6.45) is -2.84. The summed E-state index contributed by atoms with van der Waals surface area (Å²) in [7, 11) is 0. The Morgan fingerprint density at radius 1 is 1.12 bits per heavy atom. The summed E-state index contributed by atoms with van der Waals surface area (Å²) in [6, 6.07) is 7.89. The molecule has 1 aromatic heterocycles. The van der Waals surface area contributed by atoms with Crippen molar-refractivity contribution in [3.63, 3.8) is 0 Å². The average Bonchev–Trinajstić information content (AvgIpc) is 3.77. The maximum atomic E-state index is 14.3. The number of rotatable bonds is 12.